The van der Waals surface area contributed by atoms with Gasteiger partial charge < -0.3 is 9.84 Å². The number of ether oxygens (including phenoxy) is 1. The molecule has 150 valence electrons. The first-order valence-electron chi connectivity index (χ1n) is 10.2. The molecule has 1 N–H and O–H groups in total. The minimum Gasteiger partial charge on any atom is -0.478 e. The number of unbranched alkanes of at least 4 members (excludes halogenated alkanes) is 6. The van der Waals surface area contributed by atoms with Crippen LogP contribution < -0.4 is 0 Å². The van der Waals surface area contributed by atoms with Crippen LogP contribution >= 0.6 is 0 Å². The number of hydrogen-bond donors (Lipinski definition) is 1. The maximum absolute atomic E-state index is 12.7. The minimum atomic E-state index is -1.13. The molecule has 2 rings (SSSR count). The largest absolute Gasteiger partial charge is 0.478 e. The van der Waals surface area contributed by atoms with Crippen molar-refractivity contribution in [2.75, 3.05) is 0 Å². The van der Waals surface area contributed by atoms with E-state index in [4.69, 9.17) is 4.74 Å². The van der Waals surface area contributed by atoms with Gasteiger partial charge in [0.05, 0.1) is 11.1 Å². The number of hydrogen-bond acceptors (Lipinski definition) is 3. The van der Waals surface area contributed by atoms with E-state index in [1.165, 1.54) is 44.2 Å². The Kier molecular flexibility index (Phi) is 9.26. The van der Waals surface area contributed by atoms with Crippen molar-refractivity contribution in [2.45, 2.75) is 64.4 Å². The summed E-state index contributed by atoms with van der Waals surface area (Å²) >= 11 is 0. The number of rotatable bonds is 12. The Labute approximate surface area is 167 Å². The van der Waals surface area contributed by atoms with E-state index in [1.807, 2.05) is 30.3 Å². The fourth-order valence-electron chi connectivity index (χ4n) is 3.29. The monoisotopic (exact) mass is 382 g/mol. The van der Waals surface area contributed by atoms with E-state index in [2.05, 4.69) is 6.92 Å². The van der Waals surface area contributed by atoms with Gasteiger partial charge in [-0.25, -0.2) is 9.59 Å². The number of aromatic carboxylic acids is 1. The zero-order valence-corrected chi connectivity index (χ0v) is 16.6. The highest BCUT2D eigenvalue weighted by molar-refractivity contribution is 6.02. The minimum absolute atomic E-state index is 0.0322. The molecule has 1 atom stereocenters. The molecule has 0 aliphatic rings. The van der Waals surface area contributed by atoms with Crippen LogP contribution in [0.15, 0.2) is 54.6 Å². The van der Waals surface area contributed by atoms with Crippen LogP contribution in [-0.2, 0) is 4.74 Å². The summed E-state index contributed by atoms with van der Waals surface area (Å²) in [6, 6.07) is 15.8. The van der Waals surface area contributed by atoms with Gasteiger partial charge in [-0.2, -0.15) is 0 Å². The van der Waals surface area contributed by atoms with Crippen LogP contribution in [0.4, 0.5) is 0 Å². The Hall–Kier alpha value is -2.62. The van der Waals surface area contributed by atoms with E-state index in [0.29, 0.717) is 0 Å². The van der Waals surface area contributed by atoms with Gasteiger partial charge in [0, 0.05) is 0 Å². The molecule has 2 aromatic rings. The predicted molar refractivity (Wildman–Crippen MR) is 111 cm³/mol. The van der Waals surface area contributed by atoms with Gasteiger partial charge in [-0.1, -0.05) is 87.9 Å². The van der Waals surface area contributed by atoms with E-state index < -0.39 is 11.9 Å². The summed E-state index contributed by atoms with van der Waals surface area (Å²) in [6.45, 7) is 2.21. The summed E-state index contributed by atoms with van der Waals surface area (Å²) in [4.78, 5) is 24.1. The first-order chi connectivity index (χ1) is 13.6. The lowest BCUT2D eigenvalue weighted by molar-refractivity contribution is 0.0265. The fraction of sp³-hybridized carbons (Fsp3) is 0.417. The average Bonchev–Trinajstić information content (AvgIpc) is 2.72. The van der Waals surface area contributed by atoms with Crippen molar-refractivity contribution in [2.24, 2.45) is 0 Å². The number of carbonyl (C=O) groups excluding carboxylic acids is 1. The Morgan fingerprint density at radius 1 is 0.821 bits per heavy atom. The van der Waals surface area contributed by atoms with Crippen LogP contribution in [0.3, 0.4) is 0 Å². The van der Waals surface area contributed by atoms with E-state index in [9.17, 15) is 14.7 Å². The summed E-state index contributed by atoms with van der Waals surface area (Å²) in [7, 11) is 0. The molecule has 0 spiro atoms. The molecule has 1 unspecified atom stereocenters. The van der Waals surface area contributed by atoms with E-state index in [-0.39, 0.29) is 17.2 Å². The van der Waals surface area contributed by atoms with Crippen LogP contribution in [-0.4, -0.2) is 17.0 Å². The second-order valence-corrected chi connectivity index (χ2v) is 7.07. The Morgan fingerprint density at radius 2 is 1.39 bits per heavy atom. The summed E-state index contributed by atoms with van der Waals surface area (Å²) in [5, 5.41) is 9.32. The van der Waals surface area contributed by atoms with Crippen molar-refractivity contribution in [3.8, 4) is 0 Å². The maximum Gasteiger partial charge on any atom is 0.339 e. The first-order valence-corrected chi connectivity index (χ1v) is 10.2. The molecule has 4 heteroatoms. The van der Waals surface area contributed by atoms with Gasteiger partial charge in [0.1, 0.15) is 6.10 Å². The normalized spacial score (nSPS) is 11.8. The van der Waals surface area contributed by atoms with Crippen LogP contribution in [0.25, 0.3) is 0 Å². The average molecular weight is 383 g/mol. The fourth-order valence-corrected chi connectivity index (χ4v) is 3.29. The summed E-state index contributed by atoms with van der Waals surface area (Å²) in [5.41, 5.74) is 1.00. The topological polar surface area (TPSA) is 63.6 Å². The molecule has 4 nitrogen and oxygen atoms in total. The highest BCUT2D eigenvalue weighted by Gasteiger charge is 2.22. The zero-order valence-electron chi connectivity index (χ0n) is 16.6. The first kappa shape index (κ1) is 21.7. The van der Waals surface area contributed by atoms with Crippen LogP contribution in [0.2, 0.25) is 0 Å². The van der Waals surface area contributed by atoms with Gasteiger partial charge in [-0.3, -0.25) is 0 Å². The number of benzene rings is 2. The SMILES string of the molecule is CCCCCCCCCC(OC(=O)c1ccccc1C(=O)O)c1ccccc1. The predicted octanol–water partition coefficient (Wildman–Crippen LogP) is 6.42. The van der Waals surface area contributed by atoms with Crippen molar-refractivity contribution in [1.29, 1.82) is 0 Å². The highest BCUT2D eigenvalue weighted by atomic mass is 16.5. The molecule has 0 saturated heterocycles. The van der Waals surface area contributed by atoms with Crippen molar-refractivity contribution >= 4 is 11.9 Å². The van der Waals surface area contributed by atoms with Crippen molar-refractivity contribution in [1.82, 2.24) is 0 Å². The third-order valence-corrected chi connectivity index (χ3v) is 4.87. The van der Waals surface area contributed by atoms with Gasteiger partial charge in [-0.05, 0) is 30.5 Å². The van der Waals surface area contributed by atoms with Crippen LogP contribution in [0, 0.1) is 0 Å². The molecule has 0 saturated carbocycles. The standard InChI is InChI=1S/C24H30O4/c1-2-3-4-5-6-7-11-18-22(19-14-9-8-10-15-19)28-24(27)21-17-13-12-16-20(21)23(25)26/h8-10,12-17,22H,2-7,11,18H2,1H3,(H,25,26). The van der Waals surface area contributed by atoms with E-state index in [1.54, 1.807) is 12.1 Å². The molecule has 28 heavy (non-hydrogen) atoms. The second-order valence-electron chi connectivity index (χ2n) is 7.07. The third-order valence-electron chi connectivity index (χ3n) is 4.87. The number of esters is 1. The number of carbonyl (C=O) groups is 2. The Balaban J connectivity index is 2.00. The summed E-state index contributed by atoms with van der Waals surface area (Å²) in [5.74, 6) is -1.72. The molecule has 0 bridgehead atoms. The summed E-state index contributed by atoms with van der Waals surface area (Å²) < 4.78 is 5.76. The molecule has 0 fully saturated rings. The molecule has 0 aliphatic carbocycles. The molecular formula is C24H30O4. The van der Waals surface area contributed by atoms with Gasteiger partial charge in [0.2, 0.25) is 0 Å². The zero-order chi connectivity index (χ0) is 20.2. The van der Waals surface area contributed by atoms with Crippen LogP contribution in [0.1, 0.15) is 90.7 Å². The Morgan fingerprint density at radius 3 is 2.04 bits per heavy atom. The molecule has 0 radical (unpaired) electrons. The molecule has 2 aromatic carbocycles. The number of carboxylic acids is 1. The van der Waals surface area contributed by atoms with Gasteiger partial charge >= 0.3 is 11.9 Å². The highest BCUT2D eigenvalue weighted by Crippen LogP contribution is 2.26. The van der Waals surface area contributed by atoms with E-state index >= 15 is 0 Å². The molecule has 0 aliphatic heterocycles. The Bertz CT molecular complexity index is 739. The molecule has 0 amide bonds. The lowest BCUT2D eigenvalue weighted by atomic mass is 10.0. The lowest BCUT2D eigenvalue weighted by Crippen LogP contribution is -2.15. The quantitative estimate of drug-likeness (QED) is 0.340. The van der Waals surface area contributed by atoms with Gasteiger partial charge in [0.25, 0.3) is 0 Å². The van der Waals surface area contributed by atoms with Gasteiger partial charge in [-0.15, -0.1) is 0 Å². The number of carboxylic acid groups (broad SMARTS) is 1. The summed E-state index contributed by atoms with van der Waals surface area (Å²) in [6.07, 6.45) is 8.68. The molecular weight excluding hydrogens is 352 g/mol. The molecule has 0 aromatic heterocycles. The second kappa shape index (κ2) is 12.0. The van der Waals surface area contributed by atoms with Crippen molar-refractivity contribution in [3.63, 3.8) is 0 Å². The van der Waals surface area contributed by atoms with Crippen molar-refractivity contribution in [3.05, 3.63) is 71.3 Å². The van der Waals surface area contributed by atoms with E-state index in [0.717, 1.165) is 24.8 Å². The molecule has 0 heterocycles. The van der Waals surface area contributed by atoms with Crippen molar-refractivity contribution < 1.29 is 19.4 Å². The maximum atomic E-state index is 12.7. The smallest absolute Gasteiger partial charge is 0.339 e. The third kappa shape index (κ3) is 6.84. The van der Waals surface area contributed by atoms with Crippen LogP contribution in [0.5, 0.6) is 0 Å². The van der Waals surface area contributed by atoms with Gasteiger partial charge in [0.15, 0.2) is 0 Å². The lowest BCUT2D eigenvalue weighted by Gasteiger charge is -2.19.